The maximum absolute atomic E-state index is 13.5. The first-order valence-corrected chi connectivity index (χ1v) is 5.89. The largest absolute Gasteiger partial charge is 0.386 e. The van der Waals surface area contributed by atoms with Crippen molar-refractivity contribution in [3.63, 3.8) is 0 Å². The van der Waals surface area contributed by atoms with Crippen LogP contribution in [0.5, 0.6) is 0 Å². The number of nitrogens with one attached hydrogen (secondary N) is 1. The molecular weight excluding hydrogens is 221 g/mol. The summed E-state index contributed by atoms with van der Waals surface area (Å²) in [6, 6.07) is 6.55. The average Bonchev–Trinajstić information content (AvgIpc) is 2.74. The third-order valence-electron chi connectivity index (χ3n) is 3.19. The van der Waals surface area contributed by atoms with Crippen LogP contribution in [0.4, 0.5) is 4.39 Å². The van der Waals surface area contributed by atoms with E-state index in [9.17, 15) is 9.50 Å². The van der Waals surface area contributed by atoms with E-state index in [1.54, 1.807) is 12.1 Å². The third-order valence-corrected chi connectivity index (χ3v) is 3.19. The molecule has 0 amide bonds. The zero-order valence-electron chi connectivity index (χ0n) is 9.95. The van der Waals surface area contributed by atoms with Crippen LogP contribution >= 0.6 is 0 Å². The predicted molar refractivity (Wildman–Crippen MR) is 63.2 cm³/mol. The standard InChI is InChI=1S/C13H18FNO2/c1-10(11-4-2-3-5-12(11)14)15-8-13(16)6-7-17-9-13/h2-5,10,15-16H,6-9H2,1H3/t10-,13+/m0/s1. The highest BCUT2D eigenvalue weighted by Crippen LogP contribution is 2.20. The first kappa shape index (κ1) is 12.5. The van der Waals surface area contributed by atoms with Crippen molar-refractivity contribution in [1.29, 1.82) is 0 Å². The molecule has 1 heterocycles. The van der Waals surface area contributed by atoms with Crippen LogP contribution in [-0.4, -0.2) is 30.5 Å². The van der Waals surface area contributed by atoms with Gasteiger partial charge in [0.25, 0.3) is 0 Å². The van der Waals surface area contributed by atoms with Crippen LogP contribution in [0.3, 0.4) is 0 Å². The number of benzene rings is 1. The molecule has 2 rings (SSSR count). The Morgan fingerprint density at radius 1 is 1.53 bits per heavy atom. The lowest BCUT2D eigenvalue weighted by Crippen LogP contribution is -2.42. The molecule has 0 aliphatic carbocycles. The van der Waals surface area contributed by atoms with E-state index in [-0.39, 0.29) is 11.9 Å². The summed E-state index contributed by atoms with van der Waals surface area (Å²) in [5.74, 6) is -0.220. The number of rotatable bonds is 4. The molecule has 1 aliphatic rings. The summed E-state index contributed by atoms with van der Waals surface area (Å²) in [6.45, 7) is 3.25. The van der Waals surface area contributed by atoms with Gasteiger partial charge in [0.15, 0.2) is 0 Å². The molecule has 1 aromatic rings. The van der Waals surface area contributed by atoms with E-state index in [4.69, 9.17) is 4.74 Å². The molecule has 0 saturated carbocycles. The van der Waals surface area contributed by atoms with Gasteiger partial charge in [-0.05, 0) is 13.0 Å². The van der Waals surface area contributed by atoms with Gasteiger partial charge in [-0.1, -0.05) is 18.2 Å². The van der Waals surface area contributed by atoms with Crippen molar-refractivity contribution in [2.45, 2.75) is 25.0 Å². The van der Waals surface area contributed by atoms with E-state index >= 15 is 0 Å². The number of halogens is 1. The summed E-state index contributed by atoms with van der Waals surface area (Å²) in [6.07, 6.45) is 0.629. The Labute approximate surface area is 101 Å². The second kappa shape index (κ2) is 5.12. The number of aliphatic hydroxyl groups is 1. The van der Waals surface area contributed by atoms with Crippen LogP contribution in [0.2, 0.25) is 0 Å². The monoisotopic (exact) mass is 239 g/mol. The first-order chi connectivity index (χ1) is 8.11. The highest BCUT2D eigenvalue weighted by Gasteiger charge is 2.32. The lowest BCUT2D eigenvalue weighted by Gasteiger charge is -2.24. The van der Waals surface area contributed by atoms with E-state index in [2.05, 4.69) is 5.32 Å². The fraction of sp³-hybridized carbons (Fsp3) is 0.538. The fourth-order valence-corrected chi connectivity index (χ4v) is 2.02. The molecule has 0 radical (unpaired) electrons. The Hall–Kier alpha value is -0.970. The Kier molecular flexibility index (Phi) is 3.76. The number of ether oxygens (including phenoxy) is 1. The number of hydrogen-bond donors (Lipinski definition) is 2. The van der Waals surface area contributed by atoms with Gasteiger partial charge >= 0.3 is 0 Å². The van der Waals surface area contributed by atoms with Crippen LogP contribution in [0, 0.1) is 5.82 Å². The van der Waals surface area contributed by atoms with Crippen molar-refractivity contribution in [1.82, 2.24) is 5.32 Å². The molecule has 0 aromatic heterocycles. The molecular formula is C13H18FNO2. The number of hydrogen-bond acceptors (Lipinski definition) is 3. The smallest absolute Gasteiger partial charge is 0.127 e. The Balaban J connectivity index is 1.93. The van der Waals surface area contributed by atoms with E-state index in [0.29, 0.717) is 31.7 Å². The van der Waals surface area contributed by atoms with Crippen molar-refractivity contribution >= 4 is 0 Å². The van der Waals surface area contributed by atoms with E-state index in [1.807, 2.05) is 13.0 Å². The van der Waals surface area contributed by atoms with Crippen molar-refractivity contribution < 1.29 is 14.2 Å². The summed E-state index contributed by atoms with van der Waals surface area (Å²) in [7, 11) is 0. The average molecular weight is 239 g/mol. The third kappa shape index (κ3) is 3.03. The molecule has 2 atom stereocenters. The minimum atomic E-state index is -0.806. The first-order valence-electron chi connectivity index (χ1n) is 5.89. The molecule has 94 valence electrons. The van der Waals surface area contributed by atoms with E-state index in [0.717, 1.165) is 0 Å². The van der Waals surface area contributed by atoms with Gasteiger partial charge in [0.05, 0.1) is 6.61 Å². The van der Waals surface area contributed by atoms with Crippen molar-refractivity contribution in [2.24, 2.45) is 0 Å². The molecule has 1 aromatic carbocycles. The fourth-order valence-electron chi connectivity index (χ4n) is 2.02. The van der Waals surface area contributed by atoms with Gasteiger partial charge in [0.1, 0.15) is 11.4 Å². The van der Waals surface area contributed by atoms with Gasteiger partial charge in [-0.15, -0.1) is 0 Å². The summed E-state index contributed by atoms with van der Waals surface area (Å²) in [5.41, 5.74) is -0.186. The minimum Gasteiger partial charge on any atom is -0.386 e. The maximum atomic E-state index is 13.5. The summed E-state index contributed by atoms with van der Waals surface area (Å²) >= 11 is 0. The molecule has 17 heavy (non-hydrogen) atoms. The van der Waals surface area contributed by atoms with Crippen molar-refractivity contribution in [3.8, 4) is 0 Å². The van der Waals surface area contributed by atoms with Crippen molar-refractivity contribution in [3.05, 3.63) is 35.6 Å². The summed E-state index contributed by atoms with van der Waals surface area (Å²) in [5, 5.41) is 13.2. The van der Waals surface area contributed by atoms with Crippen LogP contribution < -0.4 is 5.32 Å². The highest BCUT2D eigenvalue weighted by molar-refractivity contribution is 5.20. The van der Waals surface area contributed by atoms with Crippen LogP contribution in [0.1, 0.15) is 24.9 Å². The van der Waals surface area contributed by atoms with Gasteiger partial charge in [-0.25, -0.2) is 4.39 Å². The second-order valence-corrected chi connectivity index (χ2v) is 4.65. The Morgan fingerprint density at radius 3 is 2.94 bits per heavy atom. The predicted octanol–water partition coefficient (Wildman–Crippen LogP) is 1.63. The zero-order chi connectivity index (χ0) is 12.3. The molecule has 1 fully saturated rings. The summed E-state index contributed by atoms with van der Waals surface area (Å²) in [4.78, 5) is 0. The Bertz CT molecular complexity index is 377. The van der Waals surface area contributed by atoms with Gasteiger partial charge in [0, 0.05) is 31.2 Å². The Morgan fingerprint density at radius 2 is 2.29 bits per heavy atom. The molecule has 1 saturated heterocycles. The topological polar surface area (TPSA) is 41.5 Å². The quantitative estimate of drug-likeness (QED) is 0.839. The van der Waals surface area contributed by atoms with Crippen LogP contribution in [-0.2, 0) is 4.74 Å². The molecule has 3 nitrogen and oxygen atoms in total. The van der Waals surface area contributed by atoms with Gasteiger partial charge in [-0.3, -0.25) is 0 Å². The molecule has 0 bridgehead atoms. The molecule has 0 unspecified atom stereocenters. The van der Waals surface area contributed by atoms with Crippen molar-refractivity contribution in [2.75, 3.05) is 19.8 Å². The maximum Gasteiger partial charge on any atom is 0.127 e. The molecule has 0 spiro atoms. The zero-order valence-corrected chi connectivity index (χ0v) is 9.95. The molecule has 4 heteroatoms. The SMILES string of the molecule is C[C@H](NC[C@]1(O)CCOC1)c1ccccc1F. The van der Waals surface area contributed by atoms with Gasteiger partial charge in [-0.2, -0.15) is 0 Å². The van der Waals surface area contributed by atoms with E-state index in [1.165, 1.54) is 6.07 Å². The van der Waals surface area contributed by atoms with Crippen LogP contribution in [0.25, 0.3) is 0 Å². The van der Waals surface area contributed by atoms with E-state index < -0.39 is 5.60 Å². The normalized spacial score (nSPS) is 26.1. The highest BCUT2D eigenvalue weighted by atomic mass is 19.1. The van der Waals surface area contributed by atoms with Gasteiger partial charge in [0.2, 0.25) is 0 Å². The molecule has 2 N–H and O–H groups in total. The van der Waals surface area contributed by atoms with Crippen LogP contribution in [0.15, 0.2) is 24.3 Å². The summed E-state index contributed by atoms with van der Waals surface area (Å²) < 4.78 is 18.7. The lowest BCUT2D eigenvalue weighted by atomic mass is 10.0. The molecule has 1 aliphatic heterocycles. The lowest BCUT2D eigenvalue weighted by molar-refractivity contribution is 0.0251. The minimum absolute atomic E-state index is 0.124. The van der Waals surface area contributed by atoms with Gasteiger partial charge < -0.3 is 15.2 Å². The second-order valence-electron chi connectivity index (χ2n) is 4.65.